The van der Waals surface area contributed by atoms with Gasteiger partial charge in [-0.15, -0.1) is 0 Å². The molecule has 0 saturated carbocycles. The van der Waals surface area contributed by atoms with Gasteiger partial charge in [0.1, 0.15) is 6.04 Å². The zero-order chi connectivity index (χ0) is 22.2. The molecule has 1 aliphatic rings. The fraction of sp³-hybridized carbons (Fsp3) is 0.500. The summed E-state index contributed by atoms with van der Waals surface area (Å²) in [7, 11) is 0. The Hall–Kier alpha value is -2.06. The smallest absolute Gasteiger partial charge is 0.384 e. The molecule has 1 aliphatic heterocycles. The van der Waals surface area contributed by atoms with Gasteiger partial charge in [0.2, 0.25) is 5.91 Å². The molecule has 1 aromatic carbocycles. The van der Waals surface area contributed by atoms with Crippen LogP contribution in [0, 0.1) is 5.41 Å². The van der Waals surface area contributed by atoms with E-state index >= 15 is 0 Å². The van der Waals surface area contributed by atoms with Gasteiger partial charge in [0, 0.05) is 23.5 Å². The summed E-state index contributed by atoms with van der Waals surface area (Å²) in [5.41, 5.74) is -1.35. The zero-order valence-corrected chi connectivity index (χ0v) is 17.2. The lowest BCUT2D eigenvalue weighted by Crippen LogP contribution is -2.60. The van der Waals surface area contributed by atoms with Gasteiger partial charge >= 0.3 is 12.1 Å². The summed E-state index contributed by atoms with van der Waals surface area (Å²) < 4.78 is 37.8. The molecule has 0 spiro atoms. The number of carbonyl (C=O) groups is 2. The summed E-state index contributed by atoms with van der Waals surface area (Å²) in [5, 5.41) is 13.6. The van der Waals surface area contributed by atoms with Crippen molar-refractivity contribution < 1.29 is 27.9 Å². The number of benzene rings is 1. The Morgan fingerprint density at radius 1 is 1.28 bits per heavy atom. The summed E-state index contributed by atoms with van der Waals surface area (Å²) in [6, 6.07) is 5.24. The monoisotopic (exact) mass is 432 g/mol. The van der Waals surface area contributed by atoms with E-state index in [9.17, 15) is 27.9 Å². The van der Waals surface area contributed by atoms with Crippen molar-refractivity contribution in [3.05, 3.63) is 47.0 Å². The average Bonchev–Trinajstić information content (AvgIpc) is 2.60. The second-order valence-corrected chi connectivity index (χ2v) is 8.45. The molecule has 1 aromatic rings. The number of halogens is 4. The molecule has 0 bridgehead atoms. The Morgan fingerprint density at radius 3 is 2.28 bits per heavy atom. The van der Waals surface area contributed by atoms with Gasteiger partial charge in [0.05, 0.1) is 5.60 Å². The van der Waals surface area contributed by atoms with E-state index in [-0.39, 0.29) is 25.1 Å². The maximum atomic E-state index is 12.9. The SMILES string of the molecule is C=C(C)[C@@H](NC(=O)C(F)(F)F)C(=O)N1CC[C@](O)(c2ccc(Cl)cc2)C(C)(C)C1. The van der Waals surface area contributed by atoms with Crippen LogP contribution in [0.1, 0.15) is 32.8 Å². The number of rotatable bonds is 4. The predicted molar refractivity (Wildman–Crippen MR) is 103 cm³/mol. The van der Waals surface area contributed by atoms with E-state index in [0.717, 1.165) is 0 Å². The second-order valence-electron chi connectivity index (χ2n) is 8.01. The molecular formula is C20H24ClF3N2O3. The minimum absolute atomic E-state index is 0.0800. The number of piperidine rings is 1. The van der Waals surface area contributed by atoms with Crippen LogP contribution in [0.15, 0.2) is 36.4 Å². The molecule has 0 unspecified atom stereocenters. The van der Waals surface area contributed by atoms with Gasteiger partial charge in [-0.3, -0.25) is 9.59 Å². The minimum Gasteiger partial charge on any atom is -0.384 e. The van der Waals surface area contributed by atoms with E-state index in [0.29, 0.717) is 10.6 Å². The summed E-state index contributed by atoms with van der Waals surface area (Å²) in [5.74, 6) is -2.89. The van der Waals surface area contributed by atoms with E-state index < -0.39 is 35.0 Å². The number of aliphatic hydroxyl groups is 1. The van der Waals surface area contributed by atoms with E-state index in [1.165, 1.54) is 11.8 Å². The Bertz CT molecular complexity index is 808. The van der Waals surface area contributed by atoms with Crippen molar-refractivity contribution in [1.82, 2.24) is 10.2 Å². The lowest BCUT2D eigenvalue weighted by molar-refractivity contribution is -0.175. The first-order valence-corrected chi connectivity index (χ1v) is 9.37. The Labute approximate surface area is 172 Å². The van der Waals surface area contributed by atoms with E-state index in [2.05, 4.69) is 6.58 Å². The quantitative estimate of drug-likeness (QED) is 0.716. The van der Waals surface area contributed by atoms with Gasteiger partial charge in [-0.1, -0.05) is 44.2 Å². The summed E-state index contributed by atoms with van der Waals surface area (Å²) >= 11 is 5.91. The van der Waals surface area contributed by atoms with Crippen LogP contribution in [-0.4, -0.2) is 47.1 Å². The van der Waals surface area contributed by atoms with Crippen LogP contribution >= 0.6 is 11.6 Å². The summed E-state index contributed by atoms with van der Waals surface area (Å²) in [4.78, 5) is 25.5. The number of hydrogen-bond donors (Lipinski definition) is 2. The van der Waals surface area contributed by atoms with E-state index in [4.69, 9.17) is 11.6 Å². The largest absolute Gasteiger partial charge is 0.471 e. The molecular weight excluding hydrogens is 409 g/mol. The van der Waals surface area contributed by atoms with Crippen LogP contribution < -0.4 is 5.32 Å². The minimum atomic E-state index is -5.11. The highest BCUT2D eigenvalue weighted by molar-refractivity contribution is 6.30. The molecule has 1 saturated heterocycles. The normalized spacial score (nSPS) is 22.7. The summed E-state index contributed by atoms with van der Waals surface area (Å²) in [6.45, 7) is 8.63. The second kappa shape index (κ2) is 7.99. The Morgan fingerprint density at radius 2 is 1.83 bits per heavy atom. The number of likely N-dealkylation sites (tertiary alicyclic amines) is 1. The molecule has 2 rings (SSSR count). The maximum absolute atomic E-state index is 12.9. The standard InChI is InChI=1S/C20H24ClF3N2O3/c1-12(2)15(25-17(28)20(22,23)24)16(27)26-10-9-19(29,18(3,4)11-26)13-5-7-14(21)8-6-13/h5-8,15,29H,1,9-11H2,2-4H3,(H,25,28)/t15-,19+/m1/s1. The van der Waals surface area contributed by atoms with Crippen molar-refractivity contribution in [2.24, 2.45) is 5.41 Å². The molecule has 9 heteroatoms. The third-order valence-corrected chi connectivity index (χ3v) is 5.61. The number of carbonyl (C=O) groups excluding carboxylic acids is 2. The Kier molecular flexibility index (Phi) is 6.40. The number of amides is 2. The molecule has 160 valence electrons. The maximum Gasteiger partial charge on any atom is 0.471 e. The molecule has 2 amide bonds. The molecule has 2 atom stereocenters. The van der Waals surface area contributed by atoms with Gasteiger partial charge in [-0.2, -0.15) is 13.2 Å². The van der Waals surface area contributed by atoms with Crippen molar-refractivity contribution in [2.45, 2.75) is 45.0 Å². The molecule has 2 N–H and O–H groups in total. The highest BCUT2D eigenvalue weighted by Crippen LogP contribution is 2.46. The topological polar surface area (TPSA) is 69.6 Å². The van der Waals surface area contributed by atoms with Crippen molar-refractivity contribution in [3.63, 3.8) is 0 Å². The van der Waals surface area contributed by atoms with Gasteiger partial charge in [-0.25, -0.2) is 0 Å². The fourth-order valence-electron chi connectivity index (χ4n) is 3.56. The molecule has 1 heterocycles. The molecule has 29 heavy (non-hydrogen) atoms. The lowest BCUT2D eigenvalue weighted by atomic mass is 9.66. The van der Waals surface area contributed by atoms with E-state index in [1.807, 2.05) is 0 Å². The van der Waals surface area contributed by atoms with Crippen LogP contribution in [0.2, 0.25) is 5.02 Å². The number of alkyl halides is 3. The van der Waals surface area contributed by atoms with Crippen LogP contribution in [-0.2, 0) is 15.2 Å². The van der Waals surface area contributed by atoms with Crippen LogP contribution in [0.25, 0.3) is 0 Å². The zero-order valence-electron chi connectivity index (χ0n) is 16.4. The van der Waals surface area contributed by atoms with Crippen molar-refractivity contribution in [2.75, 3.05) is 13.1 Å². The molecule has 0 radical (unpaired) electrons. The predicted octanol–water partition coefficient (Wildman–Crippen LogP) is 3.41. The van der Waals surface area contributed by atoms with Crippen LogP contribution in [0.3, 0.4) is 0 Å². The molecule has 0 aromatic heterocycles. The first-order chi connectivity index (χ1) is 13.2. The summed E-state index contributed by atoms with van der Waals surface area (Å²) in [6.07, 6.45) is -4.94. The van der Waals surface area contributed by atoms with Crippen molar-refractivity contribution in [1.29, 1.82) is 0 Å². The van der Waals surface area contributed by atoms with Crippen molar-refractivity contribution >= 4 is 23.4 Å². The number of nitrogens with one attached hydrogen (secondary N) is 1. The van der Waals surface area contributed by atoms with Crippen LogP contribution in [0.5, 0.6) is 0 Å². The van der Waals surface area contributed by atoms with Crippen LogP contribution in [0.4, 0.5) is 13.2 Å². The lowest BCUT2D eigenvalue weighted by Gasteiger charge is -2.51. The third-order valence-electron chi connectivity index (χ3n) is 5.36. The third kappa shape index (κ3) is 4.75. The number of hydrogen-bond acceptors (Lipinski definition) is 3. The van der Waals surface area contributed by atoms with Gasteiger partial charge in [0.15, 0.2) is 0 Å². The number of nitrogens with zero attached hydrogens (tertiary/aromatic N) is 1. The van der Waals surface area contributed by atoms with Crippen molar-refractivity contribution in [3.8, 4) is 0 Å². The molecule has 0 aliphatic carbocycles. The molecule has 5 nitrogen and oxygen atoms in total. The highest BCUT2D eigenvalue weighted by atomic mass is 35.5. The Balaban J connectivity index is 2.23. The first kappa shape index (κ1) is 23.2. The first-order valence-electron chi connectivity index (χ1n) is 8.99. The average molecular weight is 433 g/mol. The van der Waals surface area contributed by atoms with Gasteiger partial charge in [-0.05, 0) is 36.6 Å². The fourth-order valence-corrected chi connectivity index (χ4v) is 3.69. The van der Waals surface area contributed by atoms with Gasteiger partial charge in [0.25, 0.3) is 0 Å². The van der Waals surface area contributed by atoms with Gasteiger partial charge < -0.3 is 15.3 Å². The molecule has 1 fully saturated rings. The van der Waals surface area contributed by atoms with E-state index in [1.54, 1.807) is 43.4 Å². The highest BCUT2D eigenvalue weighted by Gasteiger charge is 2.50.